The lowest BCUT2D eigenvalue weighted by Crippen LogP contribution is -2.39. The molecule has 0 aliphatic carbocycles. The van der Waals surface area contributed by atoms with Crippen LogP contribution >= 0.6 is 22.9 Å². The minimum atomic E-state index is -0.673. The van der Waals surface area contributed by atoms with Crippen molar-refractivity contribution in [1.29, 1.82) is 0 Å². The maximum absolute atomic E-state index is 10.3. The third-order valence-corrected chi connectivity index (χ3v) is 5.47. The highest BCUT2D eigenvalue weighted by Crippen LogP contribution is 2.27. The van der Waals surface area contributed by atoms with Gasteiger partial charge in [-0.15, -0.1) is 11.3 Å². The second kappa shape index (κ2) is 9.73. The molecule has 0 aliphatic rings. The van der Waals surface area contributed by atoms with E-state index in [4.69, 9.17) is 11.6 Å². The van der Waals surface area contributed by atoms with Crippen LogP contribution in [0, 0.1) is 0 Å². The van der Waals surface area contributed by atoms with Crippen LogP contribution in [-0.2, 0) is 6.54 Å². The van der Waals surface area contributed by atoms with E-state index in [1.807, 2.05) is 61.5 Å². The van der Waals surface area contributed by atoms with E-state index in [9.17, 15) is 5.11 Å². The standard InChI is InChI=1S/C20H24ClN5OS/c1-3-22-20(24-12-16(27)17-9-10-18(21)28-17)26(2)13-19-23-11-15(25-19)14-7-5-4-6-8-14/h4-11,16,27H,3,12-13H2,1-2H3,(H,22,24)(H,23,25). The molecule has 0 fully saturated rings. The molecule has 0 amide bonds. The number of benzene rings is 1. The number of hydrogen-bond acceptors (Lipinski definition) is 4. The summed E-state index contributed by atoms with van der Waals surface area (Å²) in [5.41, 5.74) is 2.08. The molecule has 0 bridgehead atoms. The molecule has 3 N–H and O–H groups in total. The number of rotatable bonds is 7. The molecule has 0 saturated carbocycles. The Hall–Kier alpha value is -2.35. The first kappa shape index (κ1) is 20.4. The summed E-state index contributed by atoms with van der Waals surface area (Å²) in [5, 5.41) is 13.6. The van der Waals surface area contributed by atoms with Gasteiger partial charge in [0, 0.05) is 18.5 Å². The zero-order chi connectivity index (χ0) is 19.9. The lowest BCUT2D eigenvalue weighted by Gasteiger charge is -2.21. The largest absolute Gasteiger partial charge is 0.386 e. The van der Waals surface area contributed by atoms with Gasteiger partial charge >= 0.3 is 0 Å². The number of thiophene rings is 1. The van der Waals surface area contributed by atoms with Crippen molar-refractivity contribution in [3.63, 3.8) is 0 Å². The van der Waals surface area contributed by atoms with Crippen molar-refractivity contribution in [2.75, 3.05) is 20.1 Å². The number of aromatic amines is 1. The lowest BCUT2D eigenvalue weighted by atomic mass is 10.2. The van der Waals surface area contributed by atoms with E-state index in [1.165, 1.54) is 11.3 Å². The number of halogens is 1. The van der Waals surface area contributed by atoms with Crippen molar-refractivity contribution in [3.05, 3.63) is 63.7 Å². The quantitative estimate of drug-likeness (QED) is 0.402. The summed E-state index contributed by atoms with van der Waals surface area (Å²) in [6, 6.07) is 13.7. The van der Waals surface area contributed by atoms with Gasteiger partial charge in [-0.2, -0.15) is 0 Å². The van der Waals surface area contributed by atoms with Gasteiger partial charge in [0.05, 0.1) is 29.3 Å². The number of aromatic nitrogens is 2. The molecule has 2 aromatic heterocycles. The normalized spacial score (nSPS) is 12.8. The van der Waals surface area contributed by atoms with Gasteiger partial charge in [-0.05, 0) is 24.6 Å². The van der Waals surface area contributed by atoms with Crippen LogP contribution in [0.2, 0.25) is 4.34 Å². The maximum Gasteiger partial charge on any atom is 0.194 e. The number of aliphatic imine (C=N–C) groups is 1. The molecular formula is C20H24ClN5OS. The van der Waals surface area contributed by atoms with E-state index in [-0.39, 0.29) is 6.54 Å². The van der Waals surface area contributed by atoms with Crippen molar-refractivity contribution >= 4 is 28.9 Å². The highest BCUT2D eigenvalue weighted by atomic mass is 35.5. The first-order valence-corrected chi connectivity index (χ1v) is 10.3. The van der Waals surface area contributed by atoms with Crippen LogP contribution in [0.5, 0.6) is 0 Å². The first-order valence-electron chi connectivity index (χ1n) is 9.09. The minimum absolute atomic E-state index is 0.261. The average molecular weight is 418 g/mol. The smallest absolute Gasteiger partial charge is 0.194 e. The molecule has 0 aliphatic heterocycles. The zero-order valence-corrected chi connectivity index (χ0v) is 17.5. The SMILES string of the molecule is CCNC(=NCC(O)c1ccc(Cl)s1)N(C)Cc1ncc(-c2ccccc2)[nH]1. The Morgan fingerprint density at radius 2 is 2.11 bits per heavy atom. The van der Waals surface area contributed by atoms with E-state index in [0.717, 1.165) is 28.5 Å². The van der Waals surface area contributed by atoms with Crippen LogP contribution in [0.15, 0.2) is 53.7 Å². The molecule has 1 aromatic carbocycles. The van der Waals surface area contributed by atoms with Crippen molar-refractivity contribution in [1.82, 2.24) is 20.2 Å². The fourth-order valence-corrected chi connectivity index (χ4v) is 3.78. The second-order valence-corrected chi connectivity index (χ2v) is 8.06. The van der Waals surface area contributed by atoms with Crippen LogP contribution in [-0.4, -0.2) is 46.1 Å². The summed E-state index contributed by atoms with van der Waals surface area (Å²) in [6.07, 6.45) is 1.17. The molecule has 0 radical (unpaired) electrons. The molecule has 3 rings (SSSR count). The summed E-state index contributed by atoms with van der Waals surface area (Å²) < 4.78 is 0.661. The van der Waals surface area contributed by atoms with Crippen molar-refractivity contribution in [2.24, 2.45) is 4.99 Å². The Morgan fingerprint density at radius 1 is 1.32 bits per heavy atom. The van der Waals surface area contributed by atoms with Gasteiger partial charge in [0.25, 0.3) is 0 Å². The molecule has 2 heterocycles. The van der Waals surface area contributed by atoms with Crippen LogP contribution in [0.1, 0.15) is 23.7 Å². The Labute approximate surface area is 173 Å². The summed E-state index contributed by atoms with van der Waals surface area (Å²) in [7, 11) is 1.95. The number of imidazole rings is 1. The van der Waals surface area contributed by atoms with Crippen molar-refractivity contribution in [3.8, 4) is 11.3 Å². The molecule has 6 nitrogen and oxygen atoms in total. The van der Waals surface area contributed by atoms with Gasteiger partial charge in [-0.3, -0.25) is 4.99 Å². The predicted octanol–water partition coefficient (Wildman–Crippen LogP) is 3.92. The van der Waals surface area contributed by atoms with E-state index in [2.05, 4.69) is 20.3 Å². The zero-order valence-electron chi connectivity index (χ0n) is 15.9. The number of nitrogens with one attached hydrogen (secondary N) is 2. The van der Waals surface area contributed by atoms with E-state index in [0.29, 0.717) is 16.8 Å². The Bertz CT molecular complexity index is 908. The fraction of sp³-hybridized carbons (Fsp3) is 0.300. The summed E-state index contributed by atoms with van der Waals surface area (Å²) in [6.45, 7) is 3.58. The Morgan fingerprint density at radius 3 is 2.79 bits per heavy atom. The minimum Gasteiger partial charge on any atom is -0.386 e. The molecule has 1 unspecified atom stereocenters. The molecular weight excluding hydrogens is 394 g/mol. The number of aliphatic hydroxyl groups is 1. The van der Waals surface area contributed by atoms with Gasteiger partial charge in [0.1, 0.15) is 11.9 Å². The Balaban J connectivity index is 1.65. The number of aliphatic hydroxyl groups excluding tert-OH is 1. The second-order valence-electron chi connectivity index (χ2n) is 6.32. The maximum atomic E-state index is 10.3. The summed E-state index contributed by atoms with van der Waals surface area (Å²) >= 11 is 7.31. The van der Waals surface area contributed by atoms with Crippen LogP contribution in [0.25, 0.3) is 11.3 Å². The lowest BCUT2D eigenvalue weighted by molar-refractivity contribution is 0.190. The third-order valence-electron chi connectivity index (χ3n) is 4.13. The fourth-order valence-electron chi connectivity index (χ4n) is 2.75. The van der Waals surface area contributed by atoms with Crippen molar-refractivity contribution < 1.29 is 5.11 Å². The monoisotopic (exact) mass is 417 g/mol. The molecule has 0 saturated heterocycles. The highest BCUT2D eigenvalue weighted by Gasteiger charge is 2.13. The van der Waals surface area contributed by atoms with Gasteiger partial charge < -0.3 is 20.3 Å². The van der Waals surface area contributed by atoms with E-state index < -0.39 is 6.10 Å². The van der Waals surface area contributed by atoms with Gasteiger partial charge in [-0.25, -0.2) is 4.98 Å². The first-order chi connectivity index (χ1) is 13.6. The number of guanidine groups is 1. The average Bonchev–Trinajstić information content (AvgIpc) is 3.34. The molecule has 0 spiro atoms. The molecule has 148 valence electrons. The molecule has 1 atom stereocenters. The molecule has 3 aromatic rings. The summed E-state index contributed by atoms with van der Waals surface area (Å²) in [4.78, 5) is 15.2. The van der Waals surface area contributed by atoms with E-state index >= 15 is 0 Å². The predicted molar refractivity (Wildman–Crippen MR) is 116 cm³/mol. The van der Waals surface area contributed by atoms with E-state index in [1.54, 1.807) is 6.07 Å². The number of nitrogens with zero attached hydrogens (tertiary/aromatic N) is 3. The molecule has 8 heteroatoms. The third kappa shape index (κ3) is 5.34. The Kier molecular flexibility index (Phi) is 7.08. The van der Waals surface area contributed by atoms with Crippen LogP contribution in [0.4, 0.5) is 0 Å². The van der Waals surface area contributed by atoms with Gasteiger partial charge in [0.15, 0.2) is 5.96 Å². The number of hydrogen-bond donors (Lipinski definition) is 3. The highest BCUT2D eigenvalue weighted by molar-refractivity contribution is 7.16. The molecule has 28 heavy (non-hydrogen) atoms. The topological polar surface area (TPSA) is 76.5 Å². The van der Waals surface area contributed by atoms with Crippen molar-refractivity contribution in [2.45, 2.75) is 19.6 Å². The van der Waals surface area contributed by atoms with Gasteiger partial charge in [-0.1, -0.05) is 41.9 Å². The number of H-pyrrole nitrogens is 1. The van der Waals surface area contributed by atoms with Crippen LogP contribution < -0.4 is 5.32 Å². The van der Waals surface area contributed by atoms with Crippen LogP contribution in [0.3, 0.4) is 0 Å². The van der Waals surface area contributed by atoms with Gasteiger partial charge in [0.2, 0.25) is 0 Å². The summed E-state index contributed by atoms with van der Waals surface area (Å²) in [5.74, 6) is 1.56.